The number of aliphatic carboxylic acids is 1. The molecule has 1 unspecified atom stereocenters. The molecule has 1 fully saturated rings. The number of amides is 1. The summed E-state index contributed by atoms with van der Waals surface area (Å²) in [6.45, 7) is 0.671. The molecule has 1 aromatic rings. The van der Waals surface area contributed by atoms with Crippen LogP contribution in [0, 0.1) is 0 Å². The Balaban J connectivity index is 1.66. The molecule has 1 saturated heterocycles. The van der Waals surface area contributed by atoms with Crippen LogP contribution in [0.15, 0.2) is 18.2 Å². The normalized spacial score (nSPS) is 23.4. The fraction of sp³-hybridized carbons (Fsp3) is 0.467. The predicted octanol–water partition coefficient (Wildman–Crippen LogP) is 1.03. The Hall–Kier alpha value is -2.31. The van der Waals surface area contributed by atoms with Crippen LogP contribution in [0.25, 0.3) is 0 Å². The minimum Gasteiger partial charge on any atom is -0.486 e. The number of halogens is 1. The van der Waals surface area contributed by atoms with Gasteiger partial charge in [-0.1, -0.05) is 6.07 Å². The first-order valence-electron chi connectivity index (χ1n) is 7.06. The zero-order valence-electron chi connectivity index (χ0n) is 11.9. The van der Waals surface area contributed by atoms with Crippen molar-refractivity contribution >= 4 is 11.9 Å². The third-order valence-corrected chi connectivity index (χ3v) is 3.92. The molecule has 0 aromatic heterocycles. The fourth-order valence-electron chi connectivity index (χ4n) is 2.64. The highest BCUT2D eigenvalue weighted by molar-refractivity contribution is 5.83. The smallest absolute Gasteiger partial charge is 0.343 e. The van der Waals surface area contributed by atoms with E-state index in [-0.39, 0.29) is 25.3 Å². The summed E-state index contributed by atoms with van der Waals surface area (Å²) in [5.74, 6) is -0.583. The zero-order valence-corrected chi connectivity index (χ0v) is 11.9. The Morgan fingerprint density at radius 1 is 1.27 bits per heavy atom. The summed E-state index contributed by atoms with van der Waals surface area (Å²) >= 11 is 0. The van der Waals surface area contributed by atoms with Crippen LogP contribution >= 0.6 is 0 Å². The maximum atomic E-state index is 14.0. The van der Waals surface area contributed by atoms with Crippen molar-refractivity contribution in [1.29, 1.82) is 0 Å². The van der Waals surface area contributed by atoms with Gasteiger partial charge >= 0.3 is 5.97 Å². The van der Waals surface area contributed by atoms with Crippen molar-refractivity contribution in [3.8, 4) is 11.5 Å². The van der Waals surface area contributed by atoms with Gasteiger partial charge in [-0.15, -0.1) is 0 Å². The molecule has 0 spiro atoms. The van der Waals surface area contributed by atoms with E-state index in [0.29, 0.717) is 24.7 Å². The lowest BCUT2D eigenvalue weighted by Gasteiger charge is -2.20. The van der Waals surface area contributed by atoms with Crippen LogP contribution < -0.4 is 9.47 Å². The average molecular weight is 309 g/mol. The van der Waals surface area contributed by atoms with E-state index in [9.17, 15) is 14.0 Å². The van der Waals surface area contributed by atoms with E-state index in [1.807, 2.05) is 0 Å². The number of nitrogens with zero attached hydrogens (tertiary/aromatic N) is 1. The van der Waals surface area contributed by atoms with Crippen molar-refractivity contribution in [3.63, 3.8) is 0 Å². The molecule has 0 saturated carbocycles. The molecule has 118 valence electrons. The Morgan fingerprint density at radius 3 is 2.68 bits per heavy atom. The van der Waals surface area contributed by atoms with Gasteiger partial charge in [0.2, 0.25) is 11.6 Å². The molecular weight excluding hydrogens is 293 g/mol. The topological polar surface area (TPSA) is 76.1 Å². The van der Waals surface area contributed by atoms with E-state index in [0.717, 1.165) is 5.56 Å². The molecule has 22 heavy (non-hydrogen) atoms. The SMILES string of the molecule is O=C(Cc1ccc2c(c1)OCCO2)N1CCC(F)(C(=O)O)C1. The van der Waals surface area contributed by atoms with Gasteiger partial charge in [-0.25, -0.2) is 9.18 Å². The van der Waals surface area contributed by atoms with Crippen LogP contribution in [0.3, 0.4) is 0 Å². The van der Waals surface area contributed by atoms with E-state index in [1.165, 1.54) is 4.90 Å². The number of carboxylic acid groups (broad SMARTS) is 1. The van der Waals surface area contributed by atoms with Crippen molar-refractivity contribution < 1.29 is 28.6 Å². The lowest BCUT2D eigenvalue weighted by atomic mass is 10.1. The molecule has 1 N–H and O–H groups in total. The first-order chi connectivity index (χ1) is 10.5. The average Bonchev–Trinajstić information content (AvgIpc) is 2.91. The van der Waals surface area contributed by atoms with E-state index >= 15 is 0 Å². The van der Waals surface area contributed by atoms with Crippen molar-refractivity contribution in [1.82, 2.24) is 4.90 Å². The van der Waals surface area contributed by atoms with Gasteiger partial charge in [-0.05, 0) is 17.7 Å². The molecule has 1 aromatic carbocycles. The first-order valence-corrected chi connectivity index (χ1v) is 7.06. The van der Waals surface area contributed by atoms with Crippen molar-refractivity contribution in [2.45, 2.75) is 18.5 Å². The third-order valence-electron chi connectivity index (χ3n) is 3.92. The monoisotopic (exact) mass is 309 g/mol. The molecule has 1 amide bonds. The van der Waals surface area contributed by atoms with Gasteiger partial charge < -0.3 is 19.5 Å². The number of carboxylic acids is 1. The second kappa shape index (κ2) is 5.47. The van der Waals surface area contributed by atoms with Crippen LogP contribution in [0.2, 0.25) is 0 Å². The van der Waals surface area contributed by atoms with Crippen molar-refractivity contribution in [2.75, 3.05) is 26.3 Å². The number of rotatable bonds is 3. The molecule has 2 aliphatic rings. The molecule has 7 heteroatoms. The summed E-state index contributed by atoms with van der Waals surface area (Å²) in [5.41, 5.74) is -1.61. The molecule has 3 rings (SSSR count). The lowest BCUT2D eigenvalue weighted by molar-refractivity contribution is -0.150. The summed E-state index contributed by atoms with van der Waals surface area (Å²) in [4.78, 5) is 24.3. The molecule has 0 aliphatic carbocycles. The van der Waals surface area contributed by atoms with Gasteiger partial charge in [-0.3, -0.25) is 4.79 Å². The highest BCUT2D eigenvalue weighted by atomic mass is 19.1. The lowest BCUT2D eigenvalue weighted by Crippen LogP contribution is -2.39. The predicted molar refractivity (Wildman–Crippen MR) is 73.8 cm³/mol. The van der Waals surface area contributed by atoms with Crippen molar-refractivity contribution in [3.05, 3.63) is 23.8 Å². The van der Waals surface area contributed by atoms with Gasteiger partial charge in [0.25, 0.3) is 0 Å². The molecule has 2 aliphatic heterocycles. The number of carbonyl (C=O) groups is 2. The Morgan fingerprint density at radius 2 is 2.00 bits per heavy atom. The number of hydrogen-bond donors (Lipinski definition) is 1. The first kappa shape index (κ1) is 14.6. The largest absolute Gasteiger partial charge is 0.486 e. The minimum atomic E-state index is -2.33. The van der Waals surface area contributed by atoms with Gasteiger partial charge in [0.15, 0.2) is 11.5 Å². The van der Waals surface area contributed by atoms with Crippen LogP contribution in [0.4, 0.5) is 4.39 Å². The van der Waals surface area contributed by atoms with Gasteiger partial charge in [-0.2, -0.15) is 0 Å². The van der Waals surface area contributed by atoms with E-state index in [2.05, 4.69) is 0 Å². The van der Waals surface area contributed by atoms with Gasteiger partial charge in [0.05, 0.1) is 13.0 Å². The summed E-state index contributed by atoms with van der Waals surface area (Å²) in [7, 11) is 0. The summed E-state index contributed by atoms with van der Waals surface area (Å²) in [6.07, 6.45) is -0.0957. The number of alkyl halides is 1. The maximum Gasteiger partial charge on any atom is 0.343 e. The van der Waals surface area contributed by atoms with Crippen LogP contribution in [0.1, 0.15) is 12.0 Å². The number of benzene rings is 1. The summed E-state index contributed by atoms with van der Waals surface area (Å²) in [6, 6.07) is 5.21. The molecular formula is C15H16FNO5. The number of ether oxygens (including phenoxy) is 2. The second-order valence-corrected chi connectivity index (χ2v) is 5.49. The zero-order chi connectivity index (χ0) is 15.7. The van der Waals surface area contributed by atoms with E-state index in [1.54, 1.807) is 18.2 Å². The molecule has 0 radical (unpaired) electrons. The van der Waals surface area contributed by atoms with E-state index in [4.69, 9.17) is 14.6 Å². The minimum absolute atomic E-state index is 0.0757. The number of fused-ring (bicyclic) bond motifs is 1. The summed E-state index contributed by atoms with van der Waals surface area (Å²) < 4.78 is 24.8. The highest BCUT2D eigenvalue weighted by Gasteiger charge is 2.46. The number of likely N-dealkylation sites (tertiary alicyclic amines) is 1. The molecule has 0 bridgehead atoms. The highest BCUT2D eigenvalue weighted by Crippen LogP contribution is 2.31. The summed E-state index contributed by atoms with van der Waals surface area (Å²) in [5, 5.41) is 8.85. The quantitative estimate of drug-likeness (QED) is 0.902. The van der Waals surface area contributed by atoms with Gasteiger partial charge in [0, 0.05) is 13.0 Å². The molecule has 1 atom stereocenters. The number of carbonyl (C=O) groups excluding carboxylic acids is 1. The van der Waals surface area contributed by atoms with Crippen LogP contribution in [0.5, 0.6) is 11.5 Å². The standard InChI is InChI=1S/C15H16FNO5/c16-15(14(19)20)3-4-17(9-15)13(18)8-10-1-2-11-12(7-10)22-6-5-21-11/h1-2,7H,3-6,8-9H2,(H,19,20). The Bertz CT molecular complexity index is 620. The maximum absolute atomic E-state index is 14.0. The van der Waals surface area contributed by atoms with E-state index < -0.39 is 18.2 Å². The molecule has 6 nitrogen and oxygen atoms in total. The Labute approximate surface area is 126 Å². The number of hydrogen-bond acceptors (Lipinski definition) is 4. The van der Waals surface area contributed by atoms with Crippen molar-refractivity contribution in [2.24, 2.45) is 0 Å². The fourth-order valence-corrected chi connectivity index (χ4v) is 2.64. The third kappa shape index (κ3) is 2.70. The second-order valence-electron chi connectivity index (χ2n) is 5.49. The van der Waals surface area contributed by atoms with Crippen LogP contribution in [-0.4, -0.2) is 53.9 Å². The molecule has 2 heterocycles. The van der Waals surface area contributed by atoms with Crippen LogP contribution in [-0.2, 0) is 16.0 Å². The van der Waals surface area contributed by atoms with Gasteiger partial charge in [0.1, 0.15) is 13.2 Å². The Kier molecular flexibility index (Phi) is 3.64.